The van der Waals surface area contributed by atoms with Crippen LogP contribution in [0.25, 0.3) is 0 Å². The number of allylic oxidation sites excluding steroid dienone is 2. The maximum absolute atomic E-state index is 5.31. The summed E-state index contributed by atoms with van der Waals surface area (Å²) in [6.45, 7) is 5.36. The van der Waals surface area contributed by atoms with Crippen molar-refractivity contribution in [3.63, 3.8) is 0 Å². The molecule has 0 amide bonds. The van der Waals surface area contributed by atoms with E-state index in [1.54, 1.807) is 6.20 Å². The molecular weight excluding hydrogens is 218 g/mol. The predicted octanol–water partition coefficient (Wildman–Crippen LogP) is 2.09. The van der Waals surface area contributed by atoms with E-state index >= 15 is 0 Å². The van der Waals surface area contributed by atoms with Crippen LogP contribution in [0.15, 0.2) is 36.3 Å². The summed E-state index contributed by atoms with van der Waals surface area (Å²) in [6, 6.07) is 0. The molecule has 0 saturated carbocycles. The topological polar surface area (TPSA) is 41.3 Å². The van der Waals surface area contributed by atoms with Crippen LogP contribution in [0.2, 0.25) is 0 Å². The van der Waals surface area contributed by atoms with Crippen molar-refractivity contribution in [3.05, 3.63) is 36.3 Å². The smallest absolute Gasteiger partial charge is 0.167 e. The van der Waals surface area contributed by atoms with Crippen molar-refractivity contribution in [2.45, 2.75) is 20.3 Å². The summed E-state index contributed by atoms with van der Waals surface area (Å²) in [6.07, 6.45) is 11.3. The van der Waals surface area contributed by atoms with Crippen LogP contribution in [0.1, 0.15) is 20.3 Å². The third kappa shape index (κ3) is 4.98. The fourth-order valence-electron chi connectivity index (χ4n) is 1.49. The molecule has 1 rings (SSSR count). The highest BCUT2D eigenvalue weighted by Crippen LogP contribution is 2.15. The highest BCUT2D eigenvalue weighted by Gasteiger charge is 2.03. The van der Waals surface area contributed by atoms with Gasteiger partial charge in [0.05, 0.1) is 0 Å². The Labute approximate surface area is 103 Å². The Morgan fingerprint density at radius 1 is 1.69 bits per heavy atom. The predicted molar refractivity (Wildman–Crippen MR) is 72.4 cm³/mol. The van der Waals surface area contributed by atoms with Gasteiger partial charge in [-0.15, -0.1) is 0 Å². The first-order valence-corrected chi connectivity index (χ1v) is 5.84. The number of hydrogen-bond donors (Lipinski definition) is 2. The van der Waals surface area contributed by atoms with E-state index in [1.165, 1.54) is 5.57 Å². The Hall–Kier alpha value is -1.29. The van der Waals surface area contributed by atoms with E-state index in [9.17, 15) is 0 Å². The summed E-state index contributed by atoms with van der Waals surface area (Å²) >= 11 is 4.70. The van der Waals surface area contributed by atoms with Gasteiger partial charge in [-0.1, -0.05) is 19.9 Å². The van der Waals surface area contributed by atoms with E-state index < -0.39 is 0 Å². The molecule has 3 N–H and O–H groups in total. The molecule has 0 aliphatic carbocycles. The highest BCUT2D eigenvalue weighted by atomic mass is 32.1. The van der Waals surface area contributed by atoms with E-state index in [4.69, 9.17) is 18.0 Å². The van der Waals surface area contributed by atoms with Crippen LogP contribution in [-0.4, -0.2) is 16.6 Å². The maximum Gasteiger partial charge on any atom is 0.167 e. The monoisotopic (exact) mass is 237 g/mol. The van der Waals surface area contributed by atoms with Gasteiger partial charge in [-0.2, -0.15) is 0 Å². The third-order valence-electron chi connectivity index (χ3n) is 2.18. The summed E-state index contributed by atoms with van der Waals surface area (Å²) in [5.41, 5.74) is 6.71. The lowest BCUT2D eigenvalue weighted by molar-refractivity contribution is 0.546. The molecule has 0 aromatic carbocycles. The van der Waals surface area contributed by atoms with Crippen molar-refractivity contribution >= 4 is 17.3 Å². The molecule has 0 unspecified atom stereocenters. The minimum atomic E-state index is 0.285. The molecule has 0 spiro atoms. The SMILES string of the molecule is CC(C)CC1=CCN(/C=C/NC(N)=S)C=C1. The van der Waals surface area contributed by atoms with E-state index in [2.05, 4.69) is 42.4 Å². The van der Waals surface area contributed by atoms with Crippen LogP contribution in [0.4, 0.5) is 0 Å². The van der Waals surface area contributed by atoms with Crippen molar-refractivity contribution < 1.29 is 0 Å². The van der Waals surface area contributed by atoms with Crippen molar-refractivity contribution in [1.29, 1.82) is 0 Å². The molecule has 0 fully saturated rings. The summed E-state index contributed by atoms with van der Waals surface area (Å²) in [7, 11) is 0. The zero-order chi connectivity index (χ0) is 12.0. The van der Waals surface area contributed by atoms with Gasteiger partial charge in [0.1, 0.15) is 0 Å². The molecule has 3 nitrogen and oxygen atoms in total. The number of nitrogens with one attached hydrogen (secondary N) is 1. The van der Waals surface area contributed by atoms with E-state index in [1.807, 2.05) is 6.20 Å². The lowest BCUT2D eigenvalue weighted by Crippen LogP contribution is -2.24. The summed E-state index contributed by atoms with van der Waals surface area (Å²) < 4.78 is 0. The summed E-state index contributed by atoms with van der Waals surface area (Å²) in [5.74, 6) is 0.703. The Kier molecular flexibility index (Phi) is 5.05. The van der Waals surface area contributed by atoms with Crippen LogP contribution in [-0.2, 0) is 0 Å². The Morgan fingerprint density at radius 3 is 2.94 bits per heavy atom. The Balaban J connectivity index is 2.37. The first-order chi connectivity index (χ1) is 7.58. The van der Waals surface area contributed by atoms with Gasteiger partial charge in [0.25, 0.3) is 0 Å². The molecule has 16 heavy (non-hydrogen) atoms. The second-order valence-corrected chi connectivity index (χ2v) is 4.65. The van der Waals surface area contributed by atoms with Crippen molar-refractivity contribution in [2.24, 2.45) is 11.7 Å². The normalized spacial score (nSPS) is 15.7. The van der Waals surface area contributed by atoms with Gasteiger partial charge in [-0.25, -0.2) is 0 Å². The van der Waals surface area contributed by atoms with Crippen LogP contribution >= 0.6 is 12.2 Å². The molecule has 1 heterocycles. The number of nitrogens with zero attached hydrogens (tertiary/aromatic N) is 1. The fraction of sp³-hybridized carbons (Fsp3) is 0.417. The average Bonchev–Trinajstić information content (AvgIpc) is 2.19. The molecule has 4 heteroatoms. The molecule has 1 aliphatic heterocycles. The molecule has 0 aromatic heterocycles. The Morgan fingerprint density at radius 2 is 2.44 bits per heavy atom. The molecule has 0 atom stereocenters. The molecule has 0 bridgehead atoms. The van der Waals surface area contributed by atoms with Gasteiger partial charge in [0.2, 0.25) is 0 Å². The molecular formula is C12H19N3S. The van der Waals surface area contributed by atoms with Crippen LogP contribution in [0.3, 0.4) is 0 Å². The van der Waals surface area contributed by atoms with E-state index in [0.717, 1.165) is 13.0 Å². The highest BCUT2D eigenvalue weighted by molar-refractivity contribution is 7.80. The Bertz CT molecular complexity index is 329. The van der Waals surface area contributed by atoms with Crippen LogP contribution < -0.4 is 11.1 Å². The van der Waals surface area contributed by atoms with E-state index in [-0.39, 0.29) is 5.11 Å². The standard InChI is InChI=1S/C12H19N3S/c1-10(2)9-11-3-6-15(7-4-11)8-5-14-12(13)16/h3-6,8,10H,7,9H2,1-2H3,(H3,13,14,16)/b8-5+. The third-order valence-corrected chi connectivity index (χ3v) is 2.30. The van der Waals surface area contributed by atoms with Gasteiger partial charge in [-0.3, -0.25) is 0 Å². The number of nitrogens with two attached hydrogens (primary N) is 1. The van der Waals surface area contributed by atoms with Crippen molar-refractivity contribution in [1.82, 2.24) is 10.2 Å². The number of thiocarbonyl (C=S) groups is 1. The molecule has 88 valence electrons. The van der Waals surface area contributed by atoms with Crippen LogP contribution in [0.5, 0.6) is 0 Å². The minimum Gasteiger partial charge on any atom is -0.376 e. The number of rotatable bonds is 4. The van der Waals surface area contributed by atoms with Gasteiger partial charge in [0.15, 0.2) is 5.11 Å². The number of hydrogen-bond acceptors (Lipinski definition) is 2. The van der Waals surface area contributed by atoms with Gasteiger partial charge >= 0.3 is 0 Å². The maximum atomic E-state index is 5.31. The van der Waals surface area contributed by atoms with Crippen LogP contribution in [0, 0.1) is 5.92 Å². The van der Waals surface area contributed by atoms with Crippen molar-refractivity contribution in [2.75, 3.05) is 6.54 Å². The quantitative estimate of drug-likeness (QED) is 0.735. The zero-order valence-electron chi connectivity index (χ0n) is 9.81. The fourth-order valence-corrected chi connectivity index (χ4v) is 1.56. The minimum absolute atomic E-state index is 0.285. The second kappa shape index (κ2) is 6.33. The zero-order valence-corrected chi connectivity index (χ0v) is 10.6. The molecule has 0 aromatic rings. The first-order valence-electron chi connectivity index (χ1n) is 5.43. The molecule has 1 aliphatic rings. The van der Waals surface area contributed by atoms with Gasteiger partial charge in [0, 0.05) is 25.1 Å². The molecule has 0 saturated heterocycles. The van der Waals surface area contributed by atoms with Gasteiger partial charge < -0.3 is 16.0 Å². The average molecular weight is 237 g/mol. The molecule has 0 radical (unpaired) electrons. The summed E-state index contributed by atoms with van der Waals surface area (Å²) in [4.78, 5) is 2.06. The lowest BCUT2D eigenvalue weighted by atomic mass is 10.0. The lowest BCUT2D eigenvalue weighted by Gasteiger charge is -2.19. The van der Waals surface area contributed by atoms with Crippen molar-refractivity contribution in [3.8, 4) is 0 Å². The summed E-state index contributed by atoms with van der Waals surface area (Å²) in [5, 5.41) is 3.05. The second-order valence-electron chi connectivity index (χ2n) is 4.21. The van der Waals surface area contributed by atoms with E-state index in [0.29, 0.717) is 5.92 Å². The van der Waals surface area contributed by atoms with Gasteiger partial charge in [-0.05, 0) is 36.2 Å². The largest absolute Gasteiger partial charge is 0.376 e. The first kappa shape index (κ1) is 12.8.